The van der Waals surface area contributed by atoms with Gasteiger partial charge in [0.1, 0.15) is 0 Å². The van der Waals surface area contributed by atoms with Gasteiger partial charge in [0.05, 0.1) is 0 Å². The molecule has 2 nitrogen and oxygen atoms in total. The minimum absolute atomic E-state index is 0. The minimum atomic E-state index is 0. The molecule has 4 bridgehead atoms. The summed E-state index contributed by atoms with van der Waals surface area (Å²) in [7, 11) is 4.40. The normalized spacial score (nSPS) is 12.9. The van der Waals surface area contributed by atoms with Crippen LogP contribution in [0, 0.1) is 12.1 Å². The van der Waals surface area contributed by atoms with Crippen molar-refractivity contribution in [2.45, 2.75) is 13.1 Å². The van der Waals surface area contributed by atoms with Crippen molar-refractivity contribution in [2.24, 2.45) is 0 Å². The summed E-state index contributed by atoms with van der Waals surface area (Å²) in [5.41, 5.74) is 9.39. The van der Waals surface area contributed by atoms with E-state index in [9.17, 15) is 0 Å². The zero-order valence-electron chi connectivity index (χ0n) is 26.3. The third-order valence-electron chi connectivity index (χ3n) is 9.70. The predicted molar refractivity (Wildman–Crippen MR) is 196 cm³/mol. The molecule has 0 amide bonds. The molecule has 8 aromatic carbocycles. The molecule has 8 aromatic rings. The van der Waals surface area contributed by atoms with Crippen molar-refractivity contribution in [3.63, 3.8) is 0 Å². The van der Waals surface area contributed by atoms with Gasteiger partial charge in [-0.2, -0.15) is 0 Å². The van der Waals surface area contributed by atoms with Gasteiger partial charge < -0.3 is 9.80 Å². The second-order valence-corrected chi connectivity index (χ2v) is 12.6. The van der Waals surface area contributed by atoms with Crippen LogP contribution < -0.4 is 9.80 Å². The smallest absolute Gasteiger partial charge is 0.379 e. The van der Waals surface area contributed by atoms with E-state index in [-0.39, 0.29) is 21.1 Å². The van der Waals surface area contributed by atoms with Gasteiger partial charge in [0, 0.05) is 38.6 Å². The van der Waals surface area contributed by atoms with E-state index in [1.165, 1.54) is 65.6 Å². The van der Waals surface area contributed by atoms with Crippen LogP contribution in [0.5, 0.6) is 0 Å². The molecule has 0 unspecified atom stereocenters. The summed E-state index contributed by atoms with van der Waals surface area (Å²) >= 11 is 0. The molecule has 1 heterocycles. The molecule has 0 atom stereocenters. The van der Waals surface area contributed by atoms with Crippen molar-refractivity contribution in [1.82, 2.24) is 0 Å². The zero-order chi connectivity index (χ0) is 30.8. The first-order chi connectivity index (χ1) is 22.6. The Kier molecular flexibility index (Phi) is 7.35. The molecule has 0 fully saturated rings. The second-order valence-electron chi connectivity index (χ2n) is 12.6. The predicted octanol–water partition coefficient (Wildman–Crippen LogP) is 10.8. The van der Waals surface area contributed by atoms with Crippen LogP contribution in [0.2, 0.25) is 0 Å². The van der Waals surface area contributed by atoms with Gasteiger partial charge in [0.2, 0.25) is 0 Å². The van der Waals surface area contributed by atoms with Gasteiger partial charge >= 0.3 is 21.1 Å². The standard InChI is InChI=1S/C44H32N2.Pt/c1-45-27-29-9-7-14-34(25-29)44-40-20-18-32-12-4-6-16-36(32)38(40)22-24-42(44)46(2)28-30-10-8-13-33(26-30)43-39-19-17-31-11-3-5-15-35(31)37(39)21-23-41(43)45;/h3-24H,27-28H2,1-2H3;/q-2;+4. The molecule has 0 radical (unpaired) electrons. The van der Waals surface area contributed by atoms with Gasteiger partial charge in [0.25, 0.3) is 0 Å². The molecule has 0 spiro atoms. The Hall–Kier alpha value is -4.91. The van der Waals surface area contributed by atoms with E-state index in [4.69, 9.17) is 0 Å². The Morgan fingerprint density at radius 3 is 1.30 bits per heavy atom. The summed E-state index contributed by atoms with van der Waals surface area (Å²) in [5, 5.41) is 10.1. The minimum Gasteiger partial charge on any atom is -0.379 e. The Bertz CT molecular complexity index is 2310. The van der Waals surface area contributed by atoms with E-state index >= 15 is 0 Å². The molecule has 0 aromatic heterocycles. The topological polar surface area (TPSA) is 6.48 Å². The summed E-state index contributed by atoms with van der Waals surface area (Å²) < 4.78 is 0. The first-order valence-electron chi connectivity index (χ1n) is 16.0. The molecule has 47 heavy (non-hydrogen) atoms. The van der Waals surface area contributed by atoms with Gasteiger partial charge in [-0.1, -0.05) is 96.1 Å². The fraction of sp³-hybridized carbons (Fsp3) is 0.0909. The van der Waals surface area contributed by atoms with Crippen molar-refractivity contribution in [1.29, 1.82) is 0 Å². The van der Waals surface area contributed by atoms with E-state index < -0.39 is 0 Å². The van der Waals surface area contributed by atoms with Crippen molar-refractivity contribution in [3.8, 4) is 22.3 Å². The molecular formula is C44H32N2Pt+2. The maximum Gasteiger partial charge on any atom is 4.00 e. The average molecular weight is 784 g/mol. The Labute approximate surface area is 290 Å². The average Bonchev–Trinajstić information content (AvgIpc) is 3.10. The Morgan fingerprint density at radius 2 is 0.830 bits per heavy atom. The van der Waals surface area contributed by atoms with Crippen LogP contribution in [-0.2, 0) is 34.2 Å². The fourth-order valence-electron chi connectivity index (χ4n) is 7.55. The number of anilines is 2. The number of hydrogen-bond acceptors (Lipinski definition) is 2. The second kappa shape index (κ2) is 11.7. The molecule has 0 aliphatic carbocycles. The van der Waals surface area contributed by atoms with E-state index in [1.807, 2.05) is 0 Å². The molecule has 9 rings (SSSR count). The monoisotopic (exact) mass is 783 g/mol. The van der Waals surface area contributed by atoms with Crippen molar-refractivity contribution in [2.75, 3.05) is 23.9 Å². The van der Waals surface area contributed by atoms with E-state index in [0.29, 0.717) is 0 Å². The molecule has 1 aliphatic heterocycles. The molecule has 3 heteroatoms. The van der Waals surface area contributed by atoms with Gasteiger partial charge in [-0.25, -0.2) is 0 Å². The van der Waals surface area contributed by atoms with E-state index in [0.717, 1.165) is 35.3 Å². The van der Waals surface area contributed by atoms with Crippen molar-refractivity contribution >= 4 is 54.5 Å². The zero-order valence-corrected chi connectivity index (χ0v) is 28.6. The van der Waals surface area contributed by atoms with Crippen LogP contribution in [0.25, 0.3) is 65.3 Å². The summed E-state index contributed by atoms with van der Waals surface area (Å²) in [6.07, 6.45) is 0. The van der Waals surface area contributed by atoms with Crippen LogP contribution in [0.1, 0.15) is 11.1 Å². The van der Waals surface area contributed by atoms with Gasteiger partial charge in [0.15, 0.2) is 0 Å². The van der Waals surface area contributed by atoms with Crippen LogP contribution in [-0.4, -0.2) is 14.1 Å². The largest absolute Gasteiger partial charge is 4.00 e. The van der Waals surface area contributed by atoms with E-state index in [2.05, 4.69) is 169 Å². The molecule has 0 saturated heterocycles. The molecule has 226 valence electrons. The first-order valence-corrected chi connectivity index (χ1v) is 16.0. The van der Waals surface area contributed by atoms with Crippen molar-refractivity contribution in [3.05, 3.63) is 157 Å². The fourth-order valence-corrected chi connectivity index (χ4v) is 7.55. The summed E-state index contributed by atoms with van der Waals surface area (Å²) in [6.45, 7) is 1.47. The number of rotatable bonds is 0. The van der Waals surface area contributed by atoms with E-state index in [1.54, 1.807) is 0 Å². The number of hydrogen-bond donors (Lipinski definition) is 0. The Morgan fingerprint density at radius 1 is 0.404 bits per heavy atom. The maximum absolute atomic E-state index is 3.87. The molecule has 0 N–H and O–H groups in total. The van der Waals surface area contributed by atoms with Gasteiger partial charge in [-0.05, 0) is 55.2 Å². The summed E-state index contributed by atoms with van der Waals surface area (Å²) in [4.78, 5) is 4.74. The van der Waals surface area contributed by atoms with Gasteiger partial charge in [-0.15, -0.1) is 70.8 Å². The number of nitrogens with zero attached hydrogens (tertiary/aromatic N) is 2. The van der Waals surface area contributed by atoms with Crippen LogP contribution >= 0.6 is 0 Å². The van der Waals surface area contributed by atoms with Crippen LogP contribution in [0.15, 0.2) is 133 Å². The number of fused-ring (bicyclic) bond motifs is 16. The van der Waals surface area contributed by atoms with Crippen molar-refractivity contribution < 1.29 is 21.1 Å². The van der Waals surface area contributed by atoms with Crippen LogP contribution in [0.3, 0.4) is 0 Å². The SMILES string of the molecule is CN1Cc2[c-]c(ccc2)-c2c(ccc3c2ccc2ccccc23)N(C)Cc2[c-]c(ccc2)-c2c1ccc1c2ccc2ccccc21.[Pt+4]. The van der Waals surface area contributed by atoms with Crippen LogP contribution in [0.4, 0.5) is 11.4 Å². The Balaban J connectivity index is 0.00000324. The van der Waals surface area contributed by atoms with Gasteiger partial charge in [-0.3, -0.25) is 0 Å². The molecule has 0 saturated carbocycles. The maximum atomic E-state index is 3.87. The molecular weight excluding hydrogens is 752 g/mol. The summed E-state index contributed by atoms with van der Waals surface area (Å²) in [6, 6.07) is 56.6. The molecule has 1 aliphatic rings. The summed E-state index contributed by atoms with van der Waals surface area (Å²) in [5.74, 6) is 0. The number of benzene rings is 8. The third kappa shape index (κ3) is 4.91. The first kappa shape index (κ1) is 29.5. The third-order valence-corrected chi connectivity index (χ3v) is 9.70. The quantitative estimate of drug-likeness (QED) is 0.112.